The van der Waals surface area contributed by atoms with Crippen molar-refractivity contribution in [3.05, 3.63) is 0 Å². The zero-order valence-electron chi connectivity index (χ0n) is 11.0. The van der Waals surface area contributed by atoms with Crippen molar-refractivity contribution < 1.29 is 5.11 Å². The average Bonchev–Trinajstić information content (AvgIpc) is 2.58. The number of aliphatic hydroxyl groups is 1. The summed E-state index contributed by atoms with van der Waals surface area (Å²) < 4.78 is 0. The second-order valence-corrected chi connectivity index (χ2v) is 7.71. The molecule has 0 unspecified atom stereocenters. The molecule has 0 radical (unpaired) electrons. The van der Waals surface area contributed by atoms with Crippen LogP contribution in [0, 0.1) is 28.6 Å². The van der Waals surface area contributed by atoms with Gasteiger partial charge in [-0.05, 0) is 67.1 Å². The molecule has 0 spiro atoms. The van der Waals surface area contributed by atoms with Gasteiger partial charge in [-0.2, -0.15) is 0 Å². The molecule has 0 aromatic rings. The number of hydrogen-bond donors (Lipinski definition) is 1. The van der Waals surface area contributed by atoms with Crippen LogP contribution < -0.4 is 0 Å². The van der Waals surface area contributed by atoms with Gasteiger partial charge in [0, 0.05) is 0 Å². The molecule has 0 aromatic carbocycles. The van der Waals surface area contributed by atoms with Crippen molar-refractivity contribution in [3.63, 3.8) is 0 Å². The van der Waals surface area contributed by atoms with E-state index in [4.69, 9.17) is 0 Å². The lowest BCUT2D eigenvalue weighted by molar-refractivity contribution is -0.105. The molecular formula is C15H26O. The fraction of sp³-hybridized carbons (Fsp3) is 1.00. The summed E-state index contributed by atoms with van der Waals surface area (Å²) in [5.41, 5.74) is 1.11. The van der Waals surface area contributed by atoms with Gasteiger partial charge in [0.2, 0.25) is 0 Å². The maximum Gasteiger partial charge on any atom is 0.0568 e. The Kier molecular flexibility index (Phi) is 2.25. The molecular weight excluding hydrogens is 196 g/mol. The molecule has 92 valence electrons. The highest BCUT2D eigenvalue weighted by Gasteiger charge is 2.57. The first-order chi connectivity index (χ1) is 7.42. The van der Waals surface area contributed by atoms with Gasteiger partial charge in [-0.15, -0.1) is 0 Å². The third-order valence-electron chi connectivity index (χ3n) is 6.26. The van der Waals surface area contributed by atoms with Crippen LogP contribution in [-0.2, 0) is 0 Å². The van der Waals surface area contributed by atoms with E-state index in [2.05, 4.69) is 20.8 Å². The zero-order valence-corrected chi connectivity index (χ0v) is 11.0. The quantitative estimate of drug-likeness (QED) is 0.664. The minimum atomic E-state index is -0.000764. The van der Waals surface area contributed by atoms with Gasteiger partial charge in [0.15, 0.2) is 0 Å². The van der Waals surface area contributed by atoms with E-state index in [1.54, 1.807) is 0 Å². The van der Waals surface area contributed by atoms with Crippen LogP contribution in [0.5, 0.6) is 0 Å². The summed E-state index contributed by atoms with van der Waals surface area (Å²) in [7, 11) is 0. The molecule has 0 aromatic heterocycles. The van der Waals surface area contributed by atoms with Gasteiger partial charge in [-0.3, -0.25) is 0 Å². The van der Waals surface area contributed by atoms with Crippen molar-refractivity contribution in [3.8, 4) is 0 Å². The molecule has 0 heterocycles. The first kappa shape index (κ1) is 11.1. The highest BCUT2D eigenvalue weighted by Crippen LogP contribution is 2.65. The second kappa shape index (κ2) is 3.25. The van der Waals surface area contributed by atoms with Gasteiger partial charge < -0.3 is 5.11 Å². The van der Waals surface area contributed by atoms with Crippen LogP contribution in [0.15, 0.2) is 0 Å². The van der Waals surface area contributed by atoms with Gasteiger partial charge in [0.05, 0.1) is 6.10 Å². The van der Waals surface area contributed by atoms with Crippen molar-refractivity contribution in [2.75, 3.05) is 0 Å². The summed E-state index contributed by atoms with van der Waals surface area (Å²) in [6.07, 6.45) is 7.70. The van der Waals surface area contributed by atoms with E-state index in [1.165, 1.54) is 32.1 Å². The summed E-state index contributed by atoms with van der Waals surface area (Å²) in [5, 5.41) is 10.2. The molecule has 0 aliphatic heterocycles. The van der Waals surface area contributed by atoms with Crippen LogP contribution in [0.1, 0.15) is 59.3 Å². The predicted molar refractivity (Wildman–Crippen MR) is 66.1 cm³/mol. The monoisotopic (exact) mass is 222 g/mol. The Bertz CT molecular complexity index is 296. The van der Waals surface area contributed by atoms with E-state index in [-0.39, 0.29) is 6.10 Å². The van der Waals surface area contributed by atoms with Gasteiger partial charge in [0.25, 0.3) is 0 Å². The number of fused-ring (bicyclic) bond motifs is 4. The molecule has 2 bridgehead atoms. The molecule has 1 heteroatoms. The van der Waals surface area contributed by atoms with Crippen LogP contribution in [-0.4, -0.2) is 11.2 Å². The molecule has 0 amide bonds. The third kappa shape index (κ3) is 1.40. The predicted octanol–water partition coefficient (Wildman–Crippen LogP) is 3.61. The molecule has 3 fully saturated rings. The molecule has 3 aliphatic carbocycles. The van der Waals surface area contributed by atoms with E-state index < -0.39 is 0 Å². The number of rotatable bonds is 0. The van der Waals surface area contributed by atoms with Crippen LogP contribution in [0.4, 0.5) is 0 Å². The van der Waals surface area contributed by atoms with Gasteiger partial charge in [0.1, 0.15) is 0 Å². The normalized spacial score (nSPS) is 54.8. The van der Waals surface area contributed by atoms with E-state index >= 15 is 0 Å². The van der Waals surface area contributed by atoms with Gasteiger partial charge in [-0.1, -0.05) is 20.8 Å². The largest absolute Gasteiger partial charge is 0.393 e. The summed E-state index contributed by atoms with van der Waals surface area (Å²) >= 11 is 0. The van der Waals surface area contributed by atoms with Crippen molar-refractivity contribution in [1.82, 2.24) is 0 Å². The van der Waals surface area contributed by atoms with E-state index in [1.807, 2.05) is 0 Å². The van der Waals surface area contributed by atoms with Crippen LogP contribution >= 0.6 is 0 Å². The smallest absolute Gasteiger partial charge is 0.0568 e. The summed E-state index contributed by atoms with van der Waals surface area (Å²) in [5.74, 6) is 2.46. The van der Waals surface area contributed by atoms with E-state index in [0.29, 0.717) is 16.7 Å². The van der Waals surface area contributed by atoms with Crippen molar-refractivity contribution in [2.45, 2.75) is 65.4 Å². The molecule has 1 N–H and O–H groups in total. The molecule has 1 nitrogen and oxygen atoms in total. The highest BCUT2D eigenvalue weighted by atomic mass is 16.3. The van der Waals surface area contributed by atoms with Crippen molar-refractivity contribution >= 4 is 0 Å². The Morgan fingerprint density at radius 2 is 1.69 bits per heavy atom. The Morgan fingerprint density at radius 1 is 0.938 bits per heavy atom. The molecule has 3 saturated carbocycles. The highest BCUT2D eigenvalue weighted by molar-refractivity contribution is 5.07. The summed E-state index contributed by atoms with van der Waals surface area (Å²) in [6.45, 7) is 7.36. The minimum absolute atomic E-state index is 0.000764. The number of hydrogen-bond acceptors (Lipinski definition) is 1. The summed E-state index contributed by atoms with van der Waals surface area (Å²) in [6, 6.07) is 0. The van der Waals surface area contributed by atoms with Gasteiger partial charge >= 0.3 is 0 Å². The second-order valence-electron chi connectivity index (χ2n) is 7.71. The minimum Gasteiger partial charge on any atom is -0.393 e. The van der Waals surface area contributed by atoms with Crippen LogP contribution in [0.3, 0.4) is 0 Å². The number of aliphatic hydroxyl groups excluding tert-OH is 1. The first-order valence-corrected chi connectivity index (χ1v) is 7.10. The SMILES string of the molecule is CC1(C)C[C@H]2[C@H]1CC[C@H](O)[C@@H]1CC[C@@]2(C)C1. The Morgan fingerprint density at radius 3 is 2.38 bits per heavy atom. The van der Waals surface area contributed by atoms with Crippen LogP contribution in [0.2, 0.25) is 0 Å². The molecule has 16 heavy (non-hydrogen) atoms. The molecule has 3 rings (SSSR count). The fourth-order valence-electron chi connectivity index (χ4n) is 5.14. The lowest BCUT2D eigenvalue weighted by Gasteiger charge is -2.59. The lowest BCUT2D eigenvalue weighted by Crippen LogP contribution is -2.51. The maximum absolute atomic E-state index is 10.2. The summed E-state index contributed by atoms with van der Waals surface area (Å²) in [4.78, 5) is 0. The van der Waals surface area contributed by atoms with Crippen molar-refractivity contribution in [2.24, 2.45) is 28.6 Å². The maximum atomic E-state index is 10.2. The van der Waals surface area contributed by atoms with E-state index in [9.17, 15) is 5.11 Å². The third-order valence-corrected chi connectivity index (χ3v) is 6.26. The average molecular weight is 222 g/mol. The fourth-order valence-corrected chi connectivity index (χ4v) is 5.14. The molecule has 5 atom stereocenters. The molecule has 0 saturated heterocycles. The van der Waals surface area contributed by atoms with Crippen molar-refractivity contribution in [1.29, 1.82) is 0 Å². The zero-order chi connectivity index (χ0) is 11.6. The van der Waals surface area contributed by atoms with Crippen LogP contribution in [0.25, 0.3) is 0 Å². The standard InChI is InChI=1S/C15H26O/c1-14(2)9-12-11(14)4-5-13(16)10-6-7-15(12,3)8-10/h10-13,16H,4-9H2,1-3H3/t10-,11-,12+,13+,15+/m1/s1. The Balaban J connectivity index is 1.87. The van der Waals surface area contributed by atoms with E-state index in [0.717, 1.165) is 18.3 Å². The lowest BCUT2D eigenvalue weighted by atomic mass is 9.46. The Labute approximate surface area is 99.6 Å². The van der Waals surface area contributed by atoms with Gasteiger partial charge in [-0.25, -0.2) is 0 Å². The first-order valence-electron chi connectivity index (χ1n) is 7.10. The topological polar surface area (TPSA) is 20.2 Å². The molecule has 3 aliphatic rings. The Hall–Kier alpha value is -0.0400.